The normalized spacial score (nSPS) is 11.4. The van der Waals surface area contributed by atoms with Gasteiger partial charge in [-0.2, -0.15) is 5.48 Å². The van der Waals surface area contributed by atoms with Gasteiger partial charge < -0.3 is 14.7 Å². The summed E-state index contributed by atoms with van der Waals surface area (Å²) >= 11 is 0. The first-order valence-electron chi connectivity index (χ1n) is 5.42. The monoisotopic (exact) mass is 253 g/mol. The van der Waals surface area contributed by atoms with Gasteiger partial charge in [0.15, 0.2) is 0 Å². The molecule has 1 atom stereocenters. The minimum atomic E-state index is -1.00. The second-order valence-corrected chi connectivity index (χ2v) is 3.70. The molecule has 0 saturated heterocycles. The minimum absolute atomic E-state index is 0.0615. The Kier molecular flexibility index (Phi) is 5.66. The Labute approximate surface area is 104 Å². The molecule has 0 saturated carbocycles. The van der Waals surface area contributed by atoms with Crippen LogP contribution in [0.1, 0.15) is 18.9 Å². The fourth-order valence-corrected chi connectivity index (χ4v) is 1.15. The summed E-state index contributed by atoms with van der Waals surface area (Å²) in [5.74, 6) is -0.596. The molecule has 1 aromatic carbocycles. The van der Waals surface area contributed by atoms with E-state index in [1.165, 1.54) is 6.92 Å². The number of hydroxylamine groups is 1. The third kappa shape index (κ3) is 5.86. The smallest absolute Gasteiger partial charge is 0.428 e. The summed E-state index contributed by atoms with van der Waals surface area (Å²) in [4.78, 5) is 26.5. The molecule has 1 aromatic rings. The molecule has 0 aromatic heterocycles. The predicted octanol–water partition coefficient (Wildman–Crippen LogP) is 1.14. The van der Waals surface area contributed by atoms with E-state index in [4.69, 9.17) is 9.84 Å². The number of nitrogens with one attached hydrogen (secondary N) is 1. The van der Waals surface area contributed by atoms with E-state index in [0.717, 1.165) is 5.56 Å². The number of benzene rings is 1. The van der Waals surface area contributed by atoms with Crippen LogP contribution < -0.4 is 5.48 Å². The lowest BCUT2D eigenvalue weighted by molar-refractivity contribution is -0.133. The van der Waals surface area contributed by atoms with E-state index < -0.39 is 18.2 Å². The summed E-state index contributed by atoms with van der Waals surface area (Å²) in [6, 6.07) is 9.06. The van der Waals surface area contributed by atoms with Gasteiger partial charge in [0.1, 0.15) is 6.61 Å². The number of aliphatic hydroxyl groups is 1. The molecule has 2 N–H and O–H groups in total. The minimum Gasteiger partial charge on any atom is -0.428 e. The van der Waals surface area contributed by atoms with Crippen molar-refractivity contribution in [2.24, 2.45) is 0 Å². The van der Waals surface area contributed by atoms with Gasteiger partial charge in [0.2, 0.25) is 0 Å². The Morgan fingerprint density at radius 1 is 1.33 bits per heavy atom. The number of hydrogen-bond donors (Lipinski definition) is 2. The highest BCUT2D eigenvalue weighted by Gasteiger charge is 2.10. The maximum atomic E-state index is 11.1. The molecule has 0 fully saturated rings. The molecule has 6 nitrogen and oxygen atoms in total. The molecule has 18 heavy (non-hydrogen) atoms. The van der Waals surface area contributed by atoms with E-state index in [-0.39, 0.29) is 13.0 Å². The third-order valence-electron chi connectivity index (χ3n) is 1.93. The SMILES string of the molecule is CC(O)CC(=O)NOC(=O)OCc1ccccc1. The van der Waals surface area contributed by atoms with Crippen molar-refractivity contribution in [3.8, 4) is 0 Å². The van der Waals surface area contributed by atoms with E-state index in [1.807, 2.05) is 23.7 Å². The quantitative estimate of drug-likeness (QED) is 0.621. The highest BCUT2D eigenvalue weighted by atomic mass is 16.8. The highest BCUT2D eigenvalue weighted by molar-refractivity contribution is 5.76. The van der Waals surface area contributed by atoms with Crippen LogP contribution in [0.4, 0.5) is 4.79 Å². The Balaban J connectivity index is 2.20. The molecule has 6 heteroatoms. The van der Waals surface area contributed by atoms with E-state index in [0.29, 0.717) is 0 Å². The lowest BCUT2D eigenvalue weighted by atomic mass is 10.2. The molecule has 0 bridgehead atoms. The van der Waals surface area contributed by atoms with Crippen molar-refractivity contribution in [3.05, 3.63) is 35.9 Å². The predicted molar refractivity (Wildman–Crippen MR) is 62.2 cm³/mol. The van der Waals surface area contributed by atoms with Crippen LogP contribution in [-0.2, 0) is 21.0 Å². The van der Waals surface area contributed by atoms with Crippen molar-refractivity contribution < 1.29 is 24.3 Å². The largest absolute Gasteiger partial charge is 0.533 e. The van der Waals surface area contributed by atoms with Crippen LogP contribution in [0.15, 0.2) is 30.3 Å². The second-order valence-electron chi connectivity index (χ2n) is 3.70. The Morgan fingerprint density at radius 3 is 2.61 bits per heavy atom. The van der Waals surface area contributed by atoms with Gasteiger partial charge in [-0.3, -0.25) is 4.79 Å². The molecule has 1 unspecified atom stereocenters. The summed E-state index contributed by atoms with van der Waals surface area (Å²) in [6.07, 6.45) is -1.95. The van der Waals surface area contributed by atoms with E-state index in [9.17, 15) is 9.59 Å². The van der Waals surface area contributed by atoms with Gasteiger partial charge in [0.05, 0.1) is 12.5 Å². The lowest BCUT2D eigenvalue weighted by Gasteiger charge is -2.07. The summed E-state index contributed by atoms with van der Waals surface area (Å²) in [5.41, 5.74) is 2.69. The van der Waals surface area contributed by atoms with Crippen LogP contribution >= 0.6 is 0 Å². The Bertz CT molecular complexity index is 391. The Morgan fingerprint density at radius 2 is 2.00 bits per heavy atom. The molecule has 0 radical (unpaired) electrons. The number of amides is 1. The van der Waals surface area contributed by atoms with Gasteiger partial charge in [-0.1, -0.05) is 30.3 Å². The standard InChI is InChI=1S/C12H15NO5/c1-9(14)7-11(15)13-18-12(16)17-8-10-5-3-2-4-6-10/h2-6,9,14H,7-8H2,1H3,(H,13,15). The van der Waals surface area contributed by atoms with Crippen LogP contribution in [0.5, 0.6) is 0 Å². The van der Waals surface area contributed by atoms with E-state index >= 15 is 0 Å². The summed E-state index contributed by atoms with van der Waals surface area (Å²) in [7, 11) is 0. The fraction of sp³-hybridized carbons (Fsp3) is 0.333. The maximum absolute atomic E-state index is 11.1. The van der Waals surface area contributed by atoms with Gasteiger partial charge in [-0.05, 0) is 12.5 Å². The lowest BCUT2D eigenvalue weighted by Crippen LogP contribution is -2.29. The van der Waals surface area contributed by atoms with Crippen molar-refractivity contribution >= 4 is 12.1 Å². The molecular weight excluding hydrogens is 238 g/mol. The van der Waals surface area contributed by atoms with Gasteiger partial charge >= 0.3 is 6.16 Å². The molecule has 0 aliphatic rings. The average Bonchev–Trinajstić information content (AvgIpc) is 2.34. The molecule has 98 valence electrons. The number of rotatable bonds is 4. The number of ether oxygens (including phenoxy) is 1. The van der Waals surface area contributed by atoms with E-state index in [1.54, 1.807) is 12.1 Å². The van der Waals surface area contributed by atoms with Crippen molar-refractivity contribution in [1.82, 2.24) is 5.48 Å². The van der Waals surface area contributed by atoms with Crippen molar-refractivity contribution in [2.45, 2.75) is 26.1 Å². The summed E-state index contributed by atoms with van der Waals surface area (Å²) < 4.78 is 4.75. The summed E-state index contributed by atoms with van der Waals surface area (Å²) in [6.45, 7) is 1.51. The number of carbonyl (C=O) groups is 2. The van der Waals surface area contributed by atoms with E-state index in [2.05, 4.69) is 4.84 Å². The third-order valence-corrected chi connectivity index (χ3v) is 1.93. The first kappa shape index (κ1) is 14.0. The van der Waals surface area contributed by atoms with Crippen LogP contribution in [0, 0.1) is 0 Å². The zero-order chi connectivity index (χ0) is 13.4. The first-order valence-corrected chi connectivity index (χ1v) is 5.42. The van der Waals surface area contributed by atoms with Crippen LogP contribution in [-0.4, -0.2) is 23.3 Å². The van der Waals surface area contributed by atoms with Gasteiger partial charge in [-0.25, -0.2) is 4.79 Å². The molecule has 0 aliphatic carbocycles. The van der Waals surface area contributed by atoms with Gasteiger partial charge in [0, 0.05) is 0 Å². The zero-order valence-corrected chi connectivity index (χ0v) is 9.96. The van der Waals surface area contributed by atoms with Crippen LogP contribution in [0.25, 0.3) is 0 Å². The molecule has 1 rings (SSSR count). The molecule has 0 aliphatic heterocycles. The van der Waals surface area contributed by atoms with Crippen molar-refractivity contribution in [1.29, 1.82) is 0 Å². The van der Waals surface area contributed by atoms with Gasteiger partial charge in [-0.15, -0.1) is 0 Å². The average molecular weight is 253 g/mol. The van der Waals surface area contributed by atoms with Crippen molar-refractivity contribution in [2.75, 3.05) is 0 Å². The fourth-order valence-electron chi connectivity index (χ4n) is 1.15. The first-order chi connectivity index (χ1) is 8.58. The maximum Gasteiger partial charge on any atom is 0.533 e. The topological polar surface area (TPSA) is 84.9 Å². The molecule has 0 heterocycles. The molecular formula is C12H15NO5. The van der Waals surface area contributed by atoms with Crippen LogP contribution in [0.3, 0.4) is 0 Å². The molecule has 0 spiro atoms. The van der Waals surface area contributed by atoms with Gasteiger partial charge in [0.25, 0.3) is 5.91 Å². The Hall–Kier alpha value is -2.08. The second kappa shape index (κ2) is 7.29. The van der Waals surface area contributed by atoms with Crippen LogP contribution in [0.2, 0.25) is 0 Å². The summed E-state index contributed by atoms with van der Waals surface area (Å²) in [5, 5.41) is 8.91. The number of aliphatic hydroxyl groups excluding tert-OH is 1. The zero-order valence-electron chi connectivity index (χ0n) is 9.96. The highest BCUT2D eigenvalue weighted by Crippen LogP contribution is 2.01. The number of carbonyl (C=O) groups excluding carboxylic acids is 2. The molecule has 1 amide bonds. The number of hydrogen-bond acceptors (Lipinski definition) is 5. The van der Waals surface area contributed by atoms with Crippen molar-refractivity contribution in [3.63, 3.8) is 0 Å².